The third kappa shape index (κ3) is 3.44. The molecule has 0 saturated heterocycles. The van der Waals surface area contributed by atoms with Gasteiger partial charge in [0.25, 0.3) is 0 Å². The third-order valence-corrected chi connectivity index (χ3v) is 4.60. The highest BCUT2D eigenvalue weighted by Crippen LogP contribution is 2.24. The Balaban J connectivity index is 2.22. The fourth-order valence-electron chi connectivity index (χ4n) is 1.41. The quantitative estimate of drug-likeness (QED) is 0.522. The van der Waals surface area contributed by atoms with E-state index in [1.54, 1.807) is 18.2 Å². The van der Waals surface area contributed by atoms with Crippen molar-refractivity contribution in [3.8, 4) is 0 Å². The minimum absolute atomic E-state index is 0.0652. The first-order valence-corrected chi connectivity index (χ1v) is 7.44. The first-order chi connectivity index (χ1) is 8.06. The lowest BCUT2D eigenvalue weighted by Gasteiger charge is -2.03. The Bertz CT molecular complexity index is 565. The monoisotopic (exact) mass is 396 g/mol. The molecule has 1 aromatic carbocycles. The van der Waals surface area contributed by atoms with E-state index in [1.165, 1.54) is 11.3 Å². The molecule has 1 nitrogen and oxygen atoms in total. The van der Waals surface area contributed by atoms with E-state index in [2.05, 4.69) is 22.6 Å². The molecule has 2 aromatic rings. The van der Waals surface area contributed by atoms with Gasteiger partial charge in [0, 0.05) is 25.5 Å². The van der Waals surface area contributed by atoms with Gasteiger partial charge in [-0.15, -0.1) is 11.3 Å². The maximum Gasteiger partial charge on any atom is 0.169 e. The van der Waals surface area contributed by atoms with Crippen LogP contribution in [0.3, 0.4) is 0 Å². The van der Waals surface area contributed by atoms with Crippen molar-refractivity contribution in [2.24, 2.45) is 0 Å². The van der Waals surface area contributed by atoms with Gasteiger partial charge in [-0.2, -0.15) is 0 Å². The lowest BCUT2D eigenvalue weighted by atomic mass is 10.1. The molecule has 0 atom stereocenters. The molecule has 17 heavy (non-hydrogen) atoms. The molecule has 0 fully saturated rings. The van der Waals surface area contributed by atoms with Crippen LogP contribution in [0.25, 0.3) is 0 Å². The number of Topliss-reactive ketones (excluding diaryl/α,β-unsaturated/α-hetero) is 1. The summed E-state index contributed by atoms with van der Waals surface area (Å²) in [5.41, 5.74) is 0.669. The summed E-state index contributed by atoms with van der Waals surface area (Å²) >= 11 is 15.3. The summed E-state index contributed by atoms with van der Waals surface area (Å²) in [5, 5.41) is 0.581. The average molecular weight is 397 g/mol. The number of benzene rings is 1. The van der Waals surface area contributed by atoms with E-state index in [-0.39, 0.29) is 5.78 Å². The average Bonchev–Trinajstić information content (AvgIpc) is 2.67. The van der Waals surface area contributed by atoms with Gasteiger partial charge < -0.3 is 0 Å². The molecule has 88 valence electrons. The minimum atomic E-state index is 0.0652. The smallest absolute Gasteiger partial charge is 0.169 e. The molecular weight excluding hydrogens is 390 g/mol. The predicted molar refractivity (Wildman–Crippen MR) is 81.5 cm³/mol. The summed E-state index contributed by atoms with van der Waals surface area (Å²) < 4.78 is 1.62. The van der Waals surface area contributed by atoms with Crippen LogP contribution in [0.1, 0.15) is 15.2 Å². The molecule has 2 rings (SSSR count). The van der Waals surface area contributed by atoms with Crippen LogP contribution in [-0.4, -0.2) is 5.78 Å². The lowest BCUT2D eigenvalue weighted by molar-refractivity contribution is 0.0993. The summed E-state index contributed by atoms with van der Waals surface area (Å²) in [5.74, 6) is 0.0652. The fourth-order valence-corrected chi connectivity index (χ4v) is 3.31. The molecule has 0 saturated carbocycles. The molecule has 0 unspecified atom stereocenters. The summed E-state index contributed by atoms with van der Waals surface area (Å²) in [7, 11) is 0. The maximum atomic E-state index is 12.1. The van der Waals surface area contributed by atoms with E-state index in [1.807, 2.05) is 12.1 Å². The van der Waals surface area contributed by atoms with Crippen LogP contribution < -0.4 is 0 Å². The van der Waals surface area contributed by atoms with E-state index in [9.17, 15) is 4.79 Å². The largest absolute Gasteiger partial charge is 0.294 e. The molecule has 0 radical (unpaired) electrons. The van der Waals surface area contributed by atoms with Gasteiger partial charge in [0.2, 0.25) is 0 Å². The zero-order chi connectivity index (χ0) is 12.4. The molecular formula is C12H7Cl2IOS. The van der Waals surface area contributed by atoms with E-state index < -0.39 is 0 Å². The Morgan fingerprint density at radius 1 is 1.24 bits per heavy atom. The van der Waals surface area contributed by atoms with Crippen LogP contribution in [0.2, 0.25) is 9.36 Å². The van der Waals surface area contributed by atoms with Gasteiger partial charge in [-0.05, 0) is 52.9 Å². The maximum absolute atomic E-state index is 12.1. The SMILES string of the molecule is O=C(Cc1ccc(Cl)s1)c1cc(Cl)ccc1I. The normalized spacial score (nSPS) is 10.5. The van der Waals surface area contributed by atoms with Gasteiger partial charge in [-0.3, -0.25) is 4.79 Å². The third-order valence-electron chi connectivity index (χ3n) is 2.19. The molecule has 0 aliphatic carbocycles. The van der Waals surface area contributed by atoms with E-state index in [0.717, 1.165) is 8.45 Å². The summed E-state index contributed by atoms with van der Waals surface area (Å²) in [6, 6.07) is 9.01. The molecule has 5 heteroatoms. The predicted octanol–water partition coefficient (Wildman–Crippen LogP) is 5.08. The molecule has 0 amide bonds. The van der Waals surface area contributed by atoms with Gasteiger partial charge in [-0.1, -0.05) is 23.2 Å². The zero-order valence-electron chi connectivity index (χ0n) is 8.54. The number of thiophene rings is 1. The highest BCUT2D eigenvalue weighted by molar-refractivity contribution is 14.1. The van der Waals surface area contributed by atoms with Crippen LogP contribution in [0.4, 0.5) is 0 Å². The van der Waals surface area contributed by atoms with Crippen LogP contribution in [-0.2, 0) is 6.42 Å². The zero-order valence-corrected chi connectivity index (χ0v) is 13.0. The topological polar surface area (TPSA) is 17.1 Å². The molecule has 0 aliphatic rings. The molecule has 0 aliphatic heterocycles. The van der Waals surface area contributed by atoms with Crippen LogP contribution in [0, 0.1) is 3.57 Å². The van der Waals surface area contributed by atoms with Gasteiger partial charge in [0.15, 0.2) is 5.78 Å². The van der Waals surface area contributed by atoms with Crippen molar-refractivity contribution in [2.75, 3.05) is 0 Å². The minimum Gasteiger partial charge on any atom is -0.294 e. The van der Waals surface area contributed by atoms with Crippen LogP contribution in [0.5, 0.6) is 0 Å². The Morgan fingerprint density at radius 3 is 2.65 bits per heavy atom. The van der Waals surface area contributed by atoms with Gasteiger partial charge >= 0.3 is 0 Å². The molecule has 0 bridgehead atoms. The van der Waals surface area contributed by atoms with Crippen molar-refractivity contribution in [1.82, 2.24) is 0 Å². The summed E-state index contributed by atoms with van der Waals surface area (Å²) in [4.78, 5) is 13.1. The van der Waals surface area contributed by atoms with E-state index >= 15 is 0 Å². The van der Waals surface area contributed by atoms with Crippen molar-refractivity contribution in [3.05, 3.63) is 53.7 Å². The number of hydrogen-bond acceptors (Lipinski definition) is 2. The van der Waals surface area contributed by atoms with Crippen LogP contribution in [0.15, 0.2) is 30.3 Å². The van der Waals surface area contributed by atoms with Crippen molar-refractivity contribution in [3.63, 3.8) is 0 Å². The van der Waals surface area contributed by atoms with Crippen molar-refractivity contribution in [1.29, 1.82) is 0 Å². The first kappa shape index (κ1) is 13.3. The summed E-state index contributed by atoms with van der Waals surface area (Å²) in [6.07, 6.45) is 0.369. The second-order valence-corrected chi connectivity index (χ2v) is 6.83. The molecule has 1 heterocycles. The number of ketones is 1. The second kappa shape index (κ2) is 5.69. The van der Waals surface area contributed by atoms with E-state index in [0.29, 0.717) is 21.3 Å². The van der Waals surface area contributed by atoms with Crippen LogP contribution >= 0.6 is 57.1 Å². The molecule has 0 spiro atoms. The second-order valence-electron chi connectivity index (χ2n) is 3.43. The first-order valence-electron chi connectivity index (χ1n) is 4.79. The van der Waals surface area contributed by atoms with Gasteiger partial charge in [-0.25, -0.2) is 0 Å². The van der Waals surface area contributed by atoms with E-state index in [4.69, 9.17) is 23.2 Å². The highest BCUT2D eigenvalue weighted by Gasteiger charge is 2.12. The standard InChI is InChI=1S/C12H7Cl2IOS/c13-7-1-3-10(15)9(5-7)11(16)6-8-2-4-12(14)17-8/h1-5H,6H2. The van der Waals surface area contributed by atoms with Crippen molar-refractivity contribution >= 4 is 62.9 Å². The summed E-state index contributed by atoms with van der Waals surface area (Å²) in [6.45, 7) is 0. The Morgan fingerprint density at radius 2 is 2.00 bits per heavy atom. The molecule has 0 N–H and O–H groups in total. The Hall–Kier alpha value is -0.100. The number of rotatable bonds is 3. The number of hydrogen-bond donors (Lipinski definition) is 0. The molecule has 1 aromatic heterocycles. The van der Waals surface area contributed by atoms with Gasteiger partial charge in [0.1, 0.15) is 0 Å². The van der Waals surface area contributed by atoms with Crippen molar-refractivity contribution in [2.45, 2.75) is 6.42 Å². The fraction of sp³-hybridized carbons (Fsp3) is 0.0833. The van der Waals surface area contributed by atoms with Crippen molar-refractivity contribution < 1.29 is 4.79 Å². The Kier molecular flexibility index (Phi) is 4.47. The highest BCUT2D eigenvalue weighted by atomic mass is 127. The lowest BCUT2D eigenvalue weighted by Crippen LogP contribution is -2.04. The number of carbonyl (C=O) groups excluding carboxylic acids is 1. The van der Waals surface area contributed by atoms with Gasteiger partial charge in [0.05, 0.1) is 4.34 Å². The number of carbonyl (C=O) groups is 1. The number of halogens is 3. The Labute approximate surface area is 127 Å².